The smallest absolute Gasteiger partial charge is 0.343 e. The van der Waals surface area contributed by atoms with E-state index in [9.17, 15) is 9.59 Å². The number of methoxy groups -OCH3 is 1. The lowest BCUT2D eigenvalue weighted by Gasteiger charge is -2.07. The number of carbonyl (C=O) groups excluding carboxylic acids is 1. The maximum atomic E-state index is 12.1. The fourth-order valence-corrected chi connectivity index (χ4v) is 3.13. The van der Waals surface area contributed by atoms with Crippen molar-refractivity contribution in [3.05, 3.63) is 38.7 Å². The summed E-state index contributed by atoms with van der Waals surface area (Å²) in [5, 5.41) is 9.69. The molecule has 1 aromatic heterocycles. The molecule has 0 unspecified atom stereocenters. The number of anilines is 1. The Labute approximate surface area is 152 Å². The number of aromatic amines is 1. The summed E-state index contributed by atoms with van der Waals surface area (Å²) in [6.45, 7) is 3.04. The first-order chi connectivity index (χ1) is 11.5. The Morgan fingerprint density at radius 2 is 2.29 bits per heavy atom. The summed E-state index contributed by atoms with van der Waals surface area (Å²) in [4.78, 5) is 23.8. The molecule has 9 heteroatoms. The van der Waals surface area contributed by atoms with E-state index >= 15 is 0 Å². The number of rotatable bonds is 8. The maximum Gasteiger partial charge on any atom is 0.343 e. The topological polar surface area (TPSA) is 89.0 Å². The molecule has 0 aliphatic heterocycles. The van der Waals surface area contributed by atoms with Gasteiger partial charge in [-0.25, -0.2) is 9.89 Å². The van der Waals surface area contributed by atoms with E-state index in [2.05, 4.69) is 31.4 Å². The van der Waals surface area contributed by atoms with Crippen molar-refractivity contribution in [1.29, 1.82) is 0 Å². The number of thioether (sulfide) groups is 1. The zero-order chi connectivity index (χ0) is 17.5. The van der Waals surface area contributed by atoms with Gasteiger partial charge in [0.2, 0.25) is 5.91 Å². The van der Waals surface area contributed by atoms with Crippen LogP contribution in [0.5, 0.6) is 0 Å². The van der Waals surface area contributed by atoms with Gasteiger partial charge in [0, 0.05) is 30.4 Å². The Morgan fingerprint density at radius 1 is 1.50 bits per heavy atom. The summed E-state index contributed by atoms with van der Waals surface area (Å²) in [6, 6.07) is 5.62. The van der Waals surface area contributed by atoms with E-state index in [0.717, 1.165) is 15.7 Å². The second-order valence-corrected chi connectivity index (χ2v) is 6.91. The number of halogens is 1. The molecule has 2 rings (SSSR count). The molecule has 1 amide bonds. The summed E-state index contributed by atoms with van der Waals surface area (Å²) in [6.07, 6.45) is 0.701. The van der Waals surface area contributed by atoms with Crippen molar-refractivity contribution in [3.63, 3.8) is 0 Å². The average Bonchev–Trinajstić information content (AvgIpc) is 2.90. The molecule has 0 radical (unpaired) electrons. The lowest BCUT2D eigenvalue weighted by Crippen LogP contribution is -2.19. The predicted octanol–water partition coefficient (Wildman–Crippen LogP) is 2.41. The number of nitrogens with one attached hydrogen (secondary N) is 2. The first kappa shape index (κ1) is 18.8. The normalized spacial score (nSPS) is 10.8. The highest BCUT2D eigenvalue weighted by atomic mass is 79.9. The van der Waals surface area contributed by atoms with Crippen molar-refractivity contribution in [2.75, 3.05) is 24.8 Å². The molecule has 24 heavy (non-hydrogen) atoms. The Morgan fingerprint density at radius 3 is 3.00 bits per heavy atom. The first-order valence-electron chi connectivity index (χ1n) is 7.34. The summed E-state index contributed by atoms with van der Waals surface area (Å²) in [5.41, 5.74) is 1.54. The molecule has 1 aromatic carbocycles. The van der Waals surface area contributed by atoms with Gasteiger partial charge in [0.05, 0.1) is 5.75 Å². The SMILES string of the molecule is COCCCn1c(SCC(=O)Nc2ccc(C)c(Br)c2)n[nH]c1=O. The van der Waals surface area contributed by atoms with Gasteiger partial charge in [0.1, 0.15) is 0 Å². The Bertz CT molecular complexity index is 759. The highest BCUT2D eigenvalue weighted by molar-refractivity contribution is 9.10. The van der Waals surface area contributed by atoms with Gasteiger partial charge >= 0.3 is 5.69 Å². The van der Waals surface area contributed by atoms with Crippen molar-refractivity contribution in [2.24, 2.45) is 0 Å². The third-order valence-electron chi connectivity index (χ3n) is 3.24. The van der Waals surface area contributed by atoms with Crippen LogP contribution in [0.25, 0.3) is 0 Å². The number of hydrogen-bond donors (Lipinski definition) is 2. The summed E-state index contributed by atoms with van der Waals surface area (Å²) < 4.78 is 7.43. The molecule has 0 bridgehead atoms. The molecule has 2 N–H and O–H groups in total. The van der Waals surface area contributed by atoms with E-state index in [0.29, 0.717) is 24.7 Å². The predicted molar refractivity (Wildman–Crippen MR) is 97.6 cm³/mol. The number of amides is 1. The van der Waals surface area contributed by atoms with Crippen molar-refractivity contribution in [1.82, 2.24) is 14.8 Å². The van der Waals surface area contributed by atoms with Crippen LogP contribution in [0.1, 0.15) is 12.0 Å². The average molecular weight is 415 g/mol. The van der Waals surface area contributed by atoms with Crippen LogP contribution >= 0.6 is 27.7 Å². The highest BCUT2D eigenvalue weighted by Gasteiger charge is 2.11. The lowest BCUT2D eigenvalue weighted by molar-refractivity contribution is -0.113. The summed E-state index contributed by atoms with van der Waals surface area (Å²) in [5.74, 6) is 0.00900. The molecule has 0 saturated carbocycles. The molecule has 0 aliphatic carbocycles. The molecular formula is C15H19BrN4O3S. The minimum Gasteiger partial charge on any atom is -0.385 e. The van der Waals surface area contributed by atoms with Gasteiger partial charge in [-0.2, -0.15) is 0 Å². The van der Waals surface area contributed by atoms with Crippen LogP contribution in [0.2, 0.25) is 0 Å². The summed E-state index contributed by atoms with van der Waals surface area (Å²) in [7, 11) is 1.61. The second-order valence-electron chi connectivity index (χ2n) is 5.11. The standard InChI is InChI=1S/C15H19BrN4O3S/c1-10-4-5-11(8-12(10)16)17-13(21)9-24-15-19-18-14(22)20(15)6-3-7-23-2/h4-5,8H,3,6-7,9H2,1-2H3,(H,17,21)(H,18,22). The molecule has 130 valence electrons. The van der Waals surface area contributed by atoms with E-state index in [-0.39, 0.29) is 17.3 Å². The number of H-pyrrole nitrogens is 1. The number of aryl methyl sites for hydroxylation is 1. The van der Waals surface area contributed by atoms with Gasteiger partial charge in [-0.1, -0.05) is 33.8 Å². The van der Waals surface area contributed by atoms with Crippen LogP contribution in [0.15, 0.2) is 32.6 Å². The van der Waals surface area contributed by atoms with E-state index in [4.69, 9.17) is 4.74 Å². The van der Waals surface area contributed by atoms with Gasteiger partial charge in [0.25, 0.3) is 0 Å². The van der Waals surface area contributed by atoms with Gasteiger partial charge in [-0.15, -0.1) is 5.10 Å². The van der Waals surface area contributed by atoms with E-state index in [1.807, 2.05) is 25.1 Å². The molecule has 0 fully saturated rings. The highest BCUT2D eigenvalue weighted by Crippen LogP contribution is 2.21. The fourth-order valence-electron chi connectivity index (χ4n) is 1.98. The third-order valence-corrected chi connectivity index (χ3v) is 5.07. The van der Waals surface area contributed by atoms with Crippen LogP contribution in [-0.2, 0) is 16.1 Å². The van der Waals surface area contributed by atoms with Crippen molar-refractivity contribution < 1.29 is 9.53 Å². The summed E-state index contributed by atoms with van der Waals surface area (Å²) >= 11 is 4.65. The molecule has 2 aromatic rings. The number of aromatic nitrogens is 3. The Kier molecular flexibility index (Phi) is 7.07. The van der Waals surface area contributed by atoms with E-state index in [1.165, 1.54) is 16.3 Å². The van der Waals surface area contributed by atoms with Crippen LogP contribution < -0.4 is 11.0 Å². The third kappa shape index (κ3) is 5.22. The monoisotopic (exact) mass is 414 g/mol. The van der Waals surface area contributed by atoms with Crippen LogP contribution in [-0.4, -0.2) is 40.1 Å². The van der Waals surface area contributed by atoms with E-state index in [1.54, 1.807) is 7.11 Å². The quantitative estimate of drug-likeness (QED) is 0.511. The van der Waals surface area contributed by atoms with Gasteiger partial charge in [-0.05, 0) is 31.0 Å². The molecule has 7 nitrogen and oxygen atoms in total. The number of nitrogens with zero attached hydrogens (tertiary/aromatic N) is 2. The molecule has 1 heterocycles. The minimum absolute atomic E-state index is 0.158. The lowest BCUT2D eigenvalue weighted by atomic mass is 10.2. The fraction of sp³-hybridized carbons (Fsp3) is 0.400. The molecule has 0 aliphatic rings. The van der Waals surface area contributed by atoms with Crippen molar-refractivity contribution in [3.8, 4) is 0 Å². The first-order valence-corrected chi connectivity index (χ1v) is 9.12. The number of carbonyl (C=O) groups is 1. The van der Waals surface area contributed by atoms with Crippen molar-refractivity contribution >= 4 is 39.3 Å². The zero-order valence-corrected chi connectivity index (χ0v) is 15.9. The number of hydrogen-bond acceptors (Lipinski definition) is 5. The van der Waals surface area contributed by atoms with Crippen LogP contribution in [0.4, 0.5) is 5.69 Å². The molecule has 0 spiro atoms. The number of benzene rings is 1. The van der Waals surface area contributed by atoms with Gasteiger partial charge in [0.15, 0.2) is 5.16 Å². The maximum absolute atomic E-state index is 12.1. The minimum atomic E-state index is -0.281. The van der Waals surface area contributed by atoms with Crippen molar-refractivity contribution in [2.45, 2.75) is 25.0 Å². The van der Waals surface area contributed by atoms with Crippen LogP contribution in [0.3, 0.4) is 0 Å². The van der Waals surface area contributed by atoms with E-state index < -0.39 is 0 Å². The largest absolute Gasteiger partial charge is 0.385 e. The zero-order valence-electron chi connectivity index (χ0n) is 13.5. The number of ether oxygens (including phenoxy) is 1. The van der Waals surface area contributed by atoms with Gasteiger partial charge in [-0.3, -0.25) is 9.36 Å². The molecular weight excluding hydrogens is 396 g/mol. The molecule has 0 atom stereocenters. The van der Waals surface area contributed by atoms with Gasteiger partial charge < -0.3 is 10.1 Å². The second kappa shape index (κ2) is 9.05. The van der Waals surface area contributed by atoms with Crippen LogP contribution in [0, 0.1) is 6.92 Å². The Balaban J connectivity index is 1.91. The molecule has 0 saturated heterocycles. The Hall–Kier alpha value is -1.58.